The maximum Gasteiger partial charge on any atom is 0.0230 e. The van der Waals surface area contributed by atoms with Crippen molar-refractivity contribution in [1.82, 2.24) is 10.2 Å². The molecule has 3 atom stereocenters. The van der Waals surface area contributed by atoms with Gasteiger partial charge in [-0.15, -0.1) is 0 Å². The Labute approximate surface area is 124 Å². The third kappa shape index (κ3) is 4.32. The van der Waals surface area contributed by atoms with Gasteiger partial charge < -0.3 is 10.2 Å². The molecule has 0 aromatic heterocycles. The molecular weight excluding hydrogens is 244 g/mol. The molecule has 0 spiro atoms. The highest BCUT2D eigenvalue weighted by atomic mass is 15.1. The molecule has 0 heterocycles. The summed E-state index contributed by atoms with van der Waals surface area (Å²) in [5, 5.41) is 3.52. The third-order valence-corrected chi connectivity index (χ3v) is 4.73. The van der Waals surface area contributed by atoms with E-state index in [0.29, 0.717) is 6.04 Å². The van der Waals surface area contributed by atoms with E-state index in [4.69, 9.17) is 0 Å². The summed E-state index contributed by atoms with van der Waals surface area (Å²) in [6.45, 7) is 6.80. The fourth-order valence-corrected chi connectivity index (χ4v) is 3.55. The Balaban J connectivity index is 1.89. The van der Waals surface area contributed by atoms with Crippen LogP contribution in [0.4, 0.5) is 0 Å². The maximum absolute atomic E-state index is 3.52. The van der Waals surface area contributed by atoms with E-state index >= 15 is 0 Å². The number of nitrogens with one attached hydrogen (secondary N) is 1. The van der Waals surface area contributed by atoms with Crippen LogP contribution in [0, 0.1) is 18.8 Å². The van der Waals surface area contributed by atoms with Gasteiger partial charge in [0.25, 0.3) is 0 Å². The Kier molecular flexibility index (Phi) is 5.62. The van der Waals surface area contributed by atoms with Crippen LogP contribution in [0.1, 0.15) is 37.3 Å². The molecule has 0 saturated heterocycles. The van der Waals surface area contributed by atoms with Crippen molar-refractivity contribution < 1.29 is 0 Å². The highest BCUT2D eigenvalue weighted by Crippen LogP contribution is 2.29. The molecule has 3 unspecified atom stereocenters. The normalized spacial score (nSPS) is 26.9. The van der Waals surface area contributed by atoms with Crippen LogP contribution in [-0.2, 0) is 6.54 Å². The van der Waals surface area contributed by atoms with Crippen LogP contribution in [-0.4, -0.2) is 31.6 Å². The minimum atomic E-state index is 0.701. The van der Waals surface area contributed by atoms with Gasteiger partial charge in [0.2, 0.25) is 0 Å². The van der Waals surface area contributed by atoms with Crippen molar-refractivity contribution in [1.29, 1.82) is 0 Å². The summed E-state index contributed by atoms with van der Waals surface area (Å²) in [5.74, 6) is 1.68. The standard InChI is InChI=1S/C18H30N2/c1-14-5-8-16(9-6-14)12-20(4)13-17-11-15(2)7-10-18(17)19-3/h5-6,8-9,15,17-19H,7,10-13H2,1-4H3. The Morgan fingerprint density at radius 2 is 1.90 bits per heavy atom. The zero-order chi connectivity index (χ0) is 14.5. The van der Waals surface area contributed by atoms with Crippen molar-refractivity contribution in [3.8, 4) is 0 Å². The van der Waals surface area contributed by atoms with Crippen LogP contribution in [0.25, 0.3) is 0 Å². The zero-order valence-corrected chi connectivity index (χ0v) is 13.5. The van der Waals surface area contributed by atoms with Crippen LogP contribution in [0.5, 0.6) is 0 Å². The highest BCUT2D eigenvalue weighted by Gasteiger charge is 2.28. The molecule has 2 heteroatoms. The summed E-state index contributed by atoms with van der Waals surface area (Å²) in [7, 11) is 4.37. The summed E-state index contributed by atoms with van der Waals surface area (Å²) in [6, 6.07) is 9.63. The van der Waals surface area contributed by atoms with Gasteiger partial charge in [-0.05, 0) is 57.7 Å². The summed E-state index contributed by atoms with van der Waals surface area (Å²) in [4.78, 5) is 2.48. The van der Waals surface area contributed by atoms with Gasteiger partial charge in [-0.1, -0.05) is 36.8 Å². The van der Waals surface area contributed by atoms with Gasteiger partial charge >= 0.3 is 0 Å². The first kappa shape index (κ1) is 15.5. The molecule has 1 N–H and O–H groups in total. The van der Waals surface area contributed by atoms with E-state index in [-0.39, 0.29) is 0 Å². The predicted molar refractivity (Wildman–Crippen MR) is 86.9 cm³/mol. The quantitative estimate of drug-likeness (QED) is 0.884. The first-order chi connectivity index (χ1) is 9.58. The molecule has 0 aliphatic heterocycles. The van der Waals surface area contributed by atoms with Gasteiger partial charge in [0.05, 0.1) is 0 Å². The first-order valence-corrected chi connectivity index (χ1v) is 8.00. The zero-order valence-electron chi connectivity index (χ0n) is 13.5. The van der Waals surface area contributed by atoms with E-state index in [1.165, 1.54) is 36.9 Å². The van der Waals surface area contributed by atoms with Crippen molar-refractivity contribution >= 4 is 0 Å². The van der Waals surface area contributed by atoms with Crippen LogP contribution < -0.4 is 5.32 Å². The average Bonchev–Trinajstić information content (AvgIpc) is 2.41. The molecule has 1 fully saturated rings. The predicted octanol–water partition coefficient (Wildman–Crippen LogP) is 3.45. The van der Waals surface area contributed by atoms with E-state index < -0.39 is 0 Å². The number of aryl methyl sites for hydroxylation is 1. The van der Waals surface area contributed by atoms with E-state index in [0.717, 1.165) is 18.4 Å². The number of hydrogen-bond donors (Lipinski definition) is 1. The van der Waals surface area contributed by atoms with Crippen molar-refractivity contribution in [2.75, 3.05) is 20.6 Å². The van der Waals surface area contributed by atoms with Crippen molar-refractivity contribution in [3.05, 3.63) is 35.4 Å². The van der Waals surface area contributed by atoms with Gasteiger partial charge in [-0.3, -0.25) is 0 Å². The fourth-order valence-electron chi connectivity index (χ4n) is 3.55. The van der Waals surface area contributed by atoms with Crippen molar-refractivity contribution in [2.45, 2.75) is 45.7 Å². The number of benzene rings is 1. The Morgan fingerprint density at radius 3 is 2.55 bits per heavy atom. The minimum absolute atomic E-state index is 0.701. The maximum atomic E-state index is 3.52. The smallest absolute Gasteiger partial charge is 0.0230 e. The molecule has 20 heavy (non-hydrogen) atoms. The molecule has 0 bridgehead atoms. The second-order valence-corrected chi connectivity index (χ2v) is 6.76. The Bertz CT molecular complexity index is 398. The van der Waals surface area contributed by atoms with E-state index in [1.54, 1.807) is 0 Å². The topological polar surface area (TPSA) is 15.3 Å². The van der Waals surface area contributed by atoms with Gasteiger partial charge in [0.1, 0.15) is 0 Å². The molecule has 1 aliphatic rings. The van der Waals surface area contributed by atoms with Crippen LogP contribution in [0.2, 0.25) is 0 Å². The lowest BCUT2D eigenvalue weighted by molar-refractivity contribution is 0.162. The molecule has 1 aromatic rings. The molecule has 0 amide bonds. The van der Waals surface area contributed by atoms with Gasteiger partial charge in [0.15, 0.2) is 0 Å². The van der Waals surface area contributed by atoms with Gasteiger partial charge in [0, 0.05) is 19.1 Å². The molecule has 0 radical (unpaired) electrons. The van der Waals surface area contributed by atoms with E-state index in [2.05, 4.69) is 62.4 Å². The number of hydrogen-bond acceptors (Lipinski definition) is 2. The number of rotatable bonds is 5. The summed E-state index contributed by atoms with van der Waals surface area (Å²) >= 11 is 0. The monoisotopic (exact) mass is 274 g/mol. The second-order valence-electron chi connectivity index (χ2n) is 6.76. The van der Waals surface area contributed by atoms with E-state index in [9.17, 15) is 0 Å². The summed E-state index contributed by atoms with van der Waals surface area (Å²) in [6.07, 6.45) is 4.08. The fraction of sp³-hybridized carbons (Fsp3) is 0.667. The lowest BCUT2D eigenvalue weighted by Crippen LogP contribution is -2.43. The Morgan fingerprint density at radius 1 is 1.20 bits per heavy atom. The molecule has 2 nitrogen and oxygen atoms in total. The van der Waals surface area contributed by atoms with Crippen molar-refractivity contribution in [2.24, 2.45) is 11.8 Å². The Hall–Kier alpha value is -0.860. The largest absolute Gasteiger partial charge is 0.317 e. The van der Waals surface area contributed by atoms with E-state index in [1.807, 2.05) is 0 Å². The van der Waals surface area contributed by atoms with Crippen LogP contribution in [0.3, 0.4) is 0 Å². The molecule has 2 rings (SSSR count). The molecule has 1 aliphatic carbocycles. The third-order valence-electron chi connectivity index (χ3n) is 4.73. The highest BCUT2D eigenvalue weighted by molar-refractivity contribution is 5.21. The lowest BCUT2D eigenvalue weighted by Gasteiger charge is -2.37. The number of nitrogens with zero attached hydrogens (tertiary/aromatic N) is 1. The van der Waals surface area contributed by atoms with Crippen LogP contribution >= 0.6 is 0 Å². The summed E-state index contributed by atoms with van der Waals surface area (Å²) < 4.78 is 0. The minimum Gasteiger partial charge on any atom is -0.317 e. The molecule has 112 valence electrons. The van der Waals surface area contributed by atoms with Gasteiger partial charge in [-0.2, -0.15) is 0 Å². The molecule has 1 saturated carbocycles. The lowest BCUT2D eigenvalue weighted by atomic mass is 9.78. The average molecular weight is 274 g/mol. The first-order valence-electron chi connectivity index (χ1n) is 8.00. The van der Waals surface area contributed by atoms with Crippen molar-refractivity contribution in [3.63, 3.8) is 0 Å². The molecular formula is C18H30N2. The van der Waals surface area contributed by atoms with Gasteiger partial charge in [-0.25, -0.2) is 0 Å². The molecule has 1 aromatic carbocycles. The SMILES string of the molecule is CNC1CCC(C)CC1CN(C)Cc1ccc(C)cc1. The summed E-state index contributed by atoms with van der Waals surface area (Å²) in [5.41, 5.74) is 2.76. The second kappa shape index (κ2) is 7.24. The van der Waals surface area contributed by atoms with Crippen LogP contribution in [0.15, 0.2) is 24.3 Å².